The van der Waals surface area contributed by atoms with Gasteiger partial charge < -0.3 is 10.3 Å². The average Bonchev–Trinajstić information content (AvgIpc) is 3.61. The average molecular weight is 539 g/mol. The van der Waals surface area contributed by atoms with E-state index in [4.69, 9.17) is 4.98 Å². The van der Waals surface area contributed by atoms with E-state index in [1.807, 2.05) is 61.5 Å². The van der Waals surface area contributed by atoms with Crippen LogP contribution in [0.15, 0.2) is 98.1 Å². The standard InChI is InChI=1S/C32H23FN8/c1-18-10-21(12-23(33)11-18)25-8-9-35-31-29(25)38-32(39-31)30-26-14-27(36-17-28(26)40-41-30)22-13-24(16-34-15-22)37-19(2)20-6-4-3-5-7-20/h3-17,37H,2H2,1H3,(H,40,41)(H,35,38,39). The number of rotatable bonds is 6. The Labute approximate surface area is 234 Å². The molecule has 0 atom stereocenters. The highest BCUT2D eigenvalue weighted by atomic mass is 19.1. The lowest BCUT2D eigenvalue weighted by molar-refractivity contribution is 0.627. The number of anilines is 1. The van der Waals surface area contributed by atoms with Crippen molar-refractivity contribution in [1.29, 1.82) is 0 Å². The summed E-state index contributed by atoms with van der Waals surface area (Å²) in [6.45, 7) is 6.02. The van der Waals surface area contributed by atoms with Gasteiger partial charge in [0.1, 0.15) is 17.0 Å². The molecule has 0 fully saturated rings. The van der Waals surface area contributed by atoms with Crippen LogP contribution in [-0.2, 0) is 0 Å². The zero-order chi connectivity index (χ0) is 27.9. The number of benzene rings is 2. The van der Waals surface area contributed by atoms with Crippen molar-refractivity contribution in [3.8, 4) is 33.9 Å². The van der Waals surface area contributed by atoms with Gasteiger partial charge in [-0.2, -0.15) is 5.10 Å². The first kappa shape index (κ1) is 24.3. The molecule has 9 heteroatoms. The van der Waals surface area contributed by atoms with E-state index in [0.29, 0.717) is 22.7 Å². The number of H-pyrrole nitrogens is 2. The van der Waals surface area contributed by atoms with Gasteiger partial charge in [0.05, 0.1) is 29.3 Å². The van der Waals surface area contributed by atoms with Crippen LogP contribution in [0, 0.1) is 12.7 Å². The summed E-state index contributed by atoms with van der Waals surface area (Å²) in [5, 5.41) is 11.7. The number of hydrogen-bond acceptors (Lipinski definition) is 6. The van der Waals surface area contributed by atoms with Gasteiger partial charge in [0, 0.05) is 34.6 Å². The number of hydrogen-bond donors (Lipinski definition) is 3. The number of imidazole rings is 1. The molecule has 7 rings (SSSR count). The highest BCUT2D eigenvalue weighted by Gasteiger charge is 2.17. The Hall–Kier alpha value is -5.70. The SMILES string of the molecule is C=C(Nc1cncc(-c2cc3c(-c4nc5c(-c6cc(C)cc(F)c6)ccnc5[nH]4)n[nH]c3cn2)c1)c1ccccc1. The van der Waals surface area contributed by atoms with E-state index < -0.39 is 0 Å². The Kier molecular flexibility index (Phi) is 5.82. The number of aromatic nitrogens is 7. The molecule has 0 radical (unpaired) electrons. The minimum Gasteiger partial charge on any atom is -0.354 e. The number of halogens is 1. The lowest BCUT2D eigenvalue weighted by atomic mass is 10.0. The molecule has 41 heavy (non-hydrogen) atoms. The number of aryl methyl sites for hydroxylation is 1. The van der Waals surface area contributed by atoms with Gasteiger partial charge in [0.15, 0.2) is 11.5 Å². The third-order valence-electron chi connectivity index (χ3n) is 6.86. The molecule has 198 valence electrons. The topological polar surface area (TPSA) is 108 Å². The highest BCUT2D eigenvalue weighted by Crippen LogP contribution is 2.33. The molecule has 7 aromatic rings. The smallest absolute Gasteiger partial charge is 0.160 e. The van der Waals surface area contributed by atoms with Crippen molar-refractivity contribution in [1.82, 2.24) is 35.1 Å². The zero-order valence-electron chi connectivity index (χ0n) is 22.0. The Morgan fingerprint density at radius 3 is 2.66 bits per heavy atom. The summed E-state index contributed by atoms with van der Waals surface area (Å²) in [6.07, 6.45) is 6.94. The van der Waals surface area contributed by atoms with Gasteiger partial charge in [-0.1, -0.05) is 43.0 Å². The first-order valence-corrected chi connectivity index (χ1v) is 13.0. The van der Waals surface area contributed by atoms with Gasteiger partial charge in [0.2, 0.25) is 0 Å². The summed E-state index contributed by atoms with van der Waals surface area (Å²) >= 11 is 0. The first-order valence-electron chi connectivity index (χ1n) is 13.0. The molecule has 0 bridgehead atoms. The van der Waals surface area contributed by atoms with Crippen molar-refractivity contribution < 1.29 is 4.39 Å². The van der Waals surface area contributed by atoms with E-state index in [-0.39, 0.29) is 5.82 Å². The number of aromatic amines is 2. The Balaban J connectivity index is 1.25. The second kappa shape index (κ2) is 9.80. The molecule has 0 aliphatic heterocycles. The predicted octanol–water partition coefficient (Wildman–Crippen LogP) is 7.16. The van der Waals surface area contributed by atoms with Crippen LogP contribution in [0.2, 0.25) is 0 Å². The van der Waals surface area contributed by atoms with Crippen molar-refractivity contribution >= 4 is 33.5 Å². The molecule has 0 spiro atoms. The molecule has 2 aromatic carbocycles. The van der Waals surface area contributed by atoms with Crippen molar-refractivity contribution in [3.63, 3.8) is 0 Å². The van der Waals surface area contributed by atoms with Crippen molar-refractivity contribution in [2.45, 2.75) is 6.92 Å². The Bertz CT molecular complexity index is 2060. The fraction of sp³-hybridized carbons (Fsp3) is 0.0312. The number of fused-ring (bicyclic) bond motifs is 2. The number of nitrogens with one attached hydrogen (secondary N) is 3. The Morgan fingerprint density at radius 2 is 1.80 bits per heavy atom. The van der Waals surface area contributed by atoms with Crippen LogP contribution >= 0.6 is 0 Å². The number of nitrogens with zero attached hydrogens (tertiary/aromatic N) is 5. The van der Waals surface area contributed by atoms with E-state index >= 15 is 0 Å². The van der Waals surface area contributed by atoms with Gasteiger partial charge in [-0.3, -0.25) is 15.1 Å². The maximum Gasteiger partial charge on any atom is 0.160 e. The van der Waals surface area contributed by atoms with E-state index in [1.165, 1.54) is 12.1 Å². The summed E-state index contributed by atoms with van der Waals surface area (Å²) < 4.78 is 14.2. The lowest BCUT2D eigenvalue weighted by Gasteiger charge is -2.10. The summed E-state index contributed by atoms with van der Waals surface area (Å²) in [5.41, 5.74) is 9.11. The van der Waals surface area contributed by atoms with Crippen molar-refractivity contribution in [3.05, 3.63) is 115 Å². The van der Waals surface area contributed by atoms with Crippen molar-refractivity contribution in [2.75, 3.05) is 5.32 Å². The van der Waals surface area contributed by atoms with Crippen LogP contribution in [0.3, 0.4) is 0 Å². The largest absolute Gasteiger partial charge is 0.354 e. The highest BCUT2D eigenvalue weighted by molar-refractivity contribution is 5.97. The fourth-order valence-corrected chi connectivity index (χ4v) is 4.94. The van der Waals surface area contributed by atoms with Gasteiger partial charge in [-0.15, -0.1) is 0 Å². The molecular formula is C32H23FN8. The minimum absolute atomic E-state index is 0.294. The fourth-order valence-electron chi connectivity index (χ4n) is 4.94. The second-order valence-corrected chi connectivity index (χ2v) is 9.78. The Morgan fingerprint density at radius 1 is 0.927 bits per heavy atom. The molecule has 0 amide bonds. The zero-order valence-corrected chi connectivity index (χ0v) is 22.0. The van der Waals surface area contributed by atoms with Gasteiger partial charge >= 0.3 is 0 Å². The van der Waals surface area contributed by atoms with Crippen LogP contribution in [0.25, 0.3) is 61.7 Å². The van der Waals surface area contributed by atoms with Gasteiger partial charge in [0.25, 0.3) is 0 Å². The normalized spacial score (nSPS) is 11.3. The maximum atomic E-state index is 14.2. The molecule has 0 aliphatic carbocycles. The molecular weight excluding hydrogens is 515 g/mol. The number of pyridine rings is 3. The second-order valence-electron chi connectivity index (χ2n) is 9.78. The molecule has 8 nitrogen and oxygen atoms in total. The third-order valence-corrected chi connectivity index (χ3v) is 6.86. The van der Waals surface area contributed by atoms with Crippen LogP contribution in [0.5, 0.6) is 0 Å². The van der Waals surface area contributed by atoms with E-state index in [9.17, 15) is 4.39 Å². The molecule has 0 unspecified atom stereocenters. The van der Waals surface area contributed by atoms with E-state index in [2.05, 4.69) is 42.0 Å². The van der Waals surface area contributed by atoms with Crippen LogP contribution in [0.4, 0.5) is 10.1 Å². The van der Waals surface area contributed by atoms with Crippen LogP contribution in [0.1, 0.15) is 11.1 Å². The summed E-state index contributed by atoms with van der Waals surface area (Å²) in [4.78, 5) is 21.6. The first-order chi connectivity index (χ1) is 20.0. The quantitative estimate of drug-likeness (QED) is 0.207. The van der Waals surface area contributed by atoms with Crippen LogP contribution < -0.4 is 5.32 Å². The maximum absolute atomic E-state index is 14.2. The molecule has 5 heterocycles. The molecule has 3 N–H and O–H groups in total. The molecule has 0 saturated heterocycles. The third kappa shape index (κ3) is 4.59. The van der Waals surface area contributed by atoms with Crippen molar-refractivity contribution in [2.24, 2.45) is 0 Å². The minimum atomic E-state index is -0.294. The van der Waals surface area contributed by atoms with Crippen LogP contribution in [-0.4, -0.2) is 35.1 Å². The summed E-state index contributed by atoms with van der Waals surface area (Å²) in [6, 6.07) is 20.6. The van der Waals surface area contributed by atoms with Gasteiger partial charge in [-0.05, 0) is 53.9 Å². The molecule has 5 aromatic heterocycles. The summed E-state index contributed by atoms with van der Waals surface area (Å²) in [5.74, 6) is 0.251. The lowest BCUT2D eigenvalue weighted by Crippen LogP contribution is -1.98. The van der Waals surface area contributed by atoms with E-state index in [0.717, 1.165) is 55.8 Å². The predicted molar refractivity (Wildman–Crippen MR) is 159 cm³/mol. The monoisotopic (exact) mass is 538 g/mol. The molecule has 0 saturated carbocycles. The van der Waals surface area contributed by atoms with Gasteiger partial charge in [-0.25, -0.2) is 14.4 Å². The summed E-state index contributed by atoms with van der Waals surface area (Å²) in [7, 11) is 0. The molecule has 0 aliphatic rings. The van der Waals surface area contributed by atoms with E-state index in [1.54, 1.807) is 24.8 Å².